The number of carboxylic acids is 1. The maximum atomic E-state index is 11.8. The second-order valence-corrected chi connectivity index (χ2v) is 7.14. The van der Waals surface area contributed by atoms with Crippen LogP contribution in [0, 0.1) is 17.8 Å². The van der Waals surface area contributed by atoms with Crippen molar-refractivity contribution in [2.45, 2.75) is 65.5 Å². The third kappa shape index (κ3) is 5.39. The number of rotatable bonds is 3. The first-order valence-corrected chi connectivity index (χ1v) is 7.30. The van der Waals surface area contributed by atoms with E-state index in [0.29, 0.717) is 11.8 Å². The van der Waals surface area contributed by atoms with E-state index in [1.165, 1.54) is 0 Å². The average molecular weight is 285 g/mol. The average Bonchev–Trinajstić information content (AvgIpc) is 2.21. The van der Waals surface area contributed by atoms with E-state index in [2.05, 4.69) is 19.2 Å². The molecule has 0 heterocycles. The van der Waals surface area contributed by atoms with E-state index in [1.807, 2.05) is 0 Å². The molecule has 5 heteroatoms. The van der Waals surface area contributed by atoms with E-state index >= 15 is 0 Å². The van der Waals surface area contributed by atoms with Gasteiger partial charge in [0, 0.05) is 0 Å². The summed E-state index contributed by atoms with van der Waals surface area (Å²) in [6, 6.07) is -0.866. The molecule has 1 aliphatic carbocycles. The quantitative estimate of drug-likeness (QED) is 0.835. The fourth-order valence-corrected chi connectivity index (χ4v) is 3.10. The summed E-state index contributed by atoms with van der Waals surface area (Å²) < 4.78 is 5.15. The van der Waals surface area contributed by atoms with Crippen LogP contribution in [0.2, 0.25) is 0 Å². The Balaban J connectivity index is 2.69. The highest BCUT2D eigenvalue weighted by Crippen LogP contribution is 2.34. The van der Waals surface area contributed by atoms with E-state index < -0.39 is 23.7 Å². The molecule has 0 aliphatic heterocycles. The number of hydrogen-bond donors (Lipinski definition) is 2. The molecular formula is C15H27NO4. The molecule has 3 unspecified atom stereocenters. The number of alkyl carbamates (subject to hydrolysis) is 1. The van der Waals surface area contributed by atoms with Crippen LogP contribution in [0.1, 0.15) is 53.9 Å². The zero-order valence-corrected chi connectivity index (χ0v) is 13.1. The maximum Gasteiger partial charge on any atom is 0.408 e. The minimum Gasteiger partial charge on any atom is -0.480 e. The second-order valence-electron chi connectivity index (χ2n) is 7.14. The Kier molecular flexibility index (Phi) is 5.42. The molecule has 1 amide bonds. The van der Waals surface area contributed by atoms with Gasteiger partial charge in [-0.3, -0.25) is 0 Å². The summed E-state index contributed by atoms with van der Waals surface area (Å²) in [6.07, 6.45) is 2.12. The molecule has 116 valence electrons. The number of carboxylic acid groups (broad SMARTS) is 1. The molecule has 0 spiro atoms. The van der Waals surface area contributed by atoms with Crippen molar-refractivity contribution < 1.29 is 19.4 Å². The Hall–Kier alpha value is -1.26. The molecule has 3 atom stereocenters. The van der Waals surface area contributed by atoms with Crippen molar-refractivity contribution in [3.8, 4) is 0 Å². The van der Waals surface area contributed by atoms with Crippen molar-refractivity contribution in [3.05, 3.63) is 0 Å². The van der Waals surface area contributed by atoms with Crippen molar-refractivity contribution >= 4 is 12.1 Å². The molecule has 0 aromatic rings. The highest BCUT2D eigenvalue weighted by Gasteiger charge is 2.35. The van der Waals surface area contributed by atoms with Gasteiger partial charge in [0.2, 0.25) is 0 Å². The summed E-state index contributed by atoms with van der Waals surface area (Å²) >= 11 is 0. The Labute approximate surface area is 121 Å². The normalized spacial score (nSPS) is 28.6. The van der Waals surface area contributed by atoms with Crippen LogP contribution in [0.3, 0.4) is 0 Å². The van der Waals surface area contributed by atoms with Gasteiger partial charge in [-0.2, -0.15) is 0 Å². The molecule has 1 fully saturated rings. The first-order valence-electron chi connectivity index (χ1n) is 7.30. The lowest BCUT2D eigenvalue weighted by atomic mass is 9.74. The fraction of sp³-hybridized carbons (Fsp3) is 0.867. The van der Waals surface area contributed by atoms with Crippen LogP contribution in [0.15, 0.2) is 0 Å². The predicted molar refractivity (Wildman–Crippen MR) is 76.5 cm³/mol. The van der Waals surface area contributed by atoms with Gasteiger partial charge in [0.15, 0.2) is 0 Å². The zero-order valence-electron chi connectivity index (χ0n) is 13.1. The van der Waals surface area contributed by atoms with Gasteiger partial charge >= 0.3 is 12.1 Å². The molecule has 1 aliphatic rings. The maximum absolute atomic E-state index is 11.8. The summed E-state index contributed by atoms with van der Waals surface area (Å²) in [4.78, 5) is 23.2. The van der Waals surface area contributed by atoms with Crippen molar-refractivity contribution in [1.29, 1.82) is 0 Å². The van der Waals surface area contributed by atoms with E-state index in [1.54, 1.807) is 20.8 Å². The third-order valence-electron chi connectivity index (χ3n) is 3.62. The van der Waals surface area contributed by atoms with Gasteiger partial charge in [-0.15, -0.1) is 0 Å². The number of carbonyl (C=O) groups is 2. The number of amides is 1. The highest BCUT2D eigenvalue weighted by atomic mass is 16.6. The van der Waals surface area contributed by atoms with Gasteiger partial charge in [0.1, 0.15) is 11.6 Å². The van der Waals surface area contributed by atoms with Gasteiger partial charge in [0.05, 0.1) is 0 Å². The van der Waals surface area contributed by atoms with Gasteiger partial charge in [-0.25, -0.2) is 9.59 Å². The lowest BCUT2D eigenvalue weighted by Crippen LogP contribution is -2.49. The summed E-state index contributed by atoms with van der Waals surface area (Å²) in [5.41, 5.74) is -0.625. The summed E-state index contributed by atoms with van der Waals surface area (Å²) in [5.74, 6) is -0.0296. The predicted octanol–water partition coefficient (Wildman–Crippen LogP) is 3.04. The summed E-state index contributed by atoms with van der Waals surface area (Å²) in [7, 11) is 0. The summed E-state index contributed by atoms with van der Waals surface area (Å²) in [5, 5.41) is 11.9. The first kappa shape index (κ1) is 16.8. The molecular weight excluding hydrogens is 258 g/mol. The summed E-state index contributed by atoms with van der Waals surface area (Å²) in [6.45, 7) is 9.54. The molecule has 1 rings (SSSR count). The van der Waals surface area contributed by atoms with Crippen molar-refractivity contribution in [2.75, 3.05) is 0 Å². The standard InChI is InChI=1S/C15H27NO4/c1-9-6-10(2)8-11(7-9)12(13(17)18)16-14(19)20-15(3,4)5/h9-12H,6-8H2,1-5H3,(H,16,19)(H,17,18). The van der Waals surface area contributed by atoms with Crippen molar-refractivity contribution in [1.82, 2.24) is 5.32 Å². The minimum atomic E-state index is -0.984. The van der Waals surface area contributed by atoms with Crippen molar-refractivity contribution in [3.63, 3.8) is 0 Å². The lowest BCUT2D eigenvalue weighted by Gasteiger charge is -2.35. The Morgan fingerprint density at radius 2 is 1.65 bits per heavy atom. The molecule has 2 N–H and O–H groups in total. The Bertz CT molecular complexity index is 351. The first-order chi connectivity index (χ1) is 9.08. The molecule has 5 nitrogen and oxygen atoms in total. The minimum absolute atomic E-state index is 0.0289. The van der Waals surface area contributed by atoms with Crippen LogP contribution >= 0.6 is 0 Å². The van der Waals surface area contributed by atoms with Crippen molar-refractivity contribution in [2.24, 2.45) is 17.8 Å². The second kappa shape index (κ2) is 6.46. The fourth-order valence-electron chi connectivity index (χ4n) is 3.10. The van der Waals surface area contributed by atoms with Gasteiger partial charge in [0.25, 0.3) is 0 Å². The number of carbonyl (C=O) groups excluding carboxylic acids is 1. The molecule has 1 saturated carbocycles. The molecule has 0 aromatic carbocycles. The Morgan fingerprint density at radius 3 is 2.05 bits per heavy atom. The van der Waals surface area contributed by atoms with Crippen LogP contribution in [0.5, 0.6) is 0 Å². The number of nitrogens with one attached hydrogen (secondary N) is 1. The third-order valence-corrected chi connectivity index (χ3v) is 3.62. The van der Waals surface area contributed by atoms with Crippen LogP contribution in [0.25, 0.3) is 0 Å². The smallest absolute Gasteiger partial charge is 0.408 e. The van der Waals surface area contributed by atoms with E-state index in [-0.39, 0.29) is 5.92 Å². The van der Waals surface area contributed by atoms with Gasteiger partial charge in [-0.05, 0) is 57.8 Å². The van der Waals surface area contributed by atoms with Crippen LogP contribution in [-0.4, -0.2) is 28.8 Å². The molecule has 0 radical (unpaired) electrons. The highest BCUT2D eigenvalue weighted by molar-refractivity contribution is 5.80. The zero-order chi connectivity index (χ0) is 15.5. The van der Waals surface area contributed by atoms with E-state index in [4.69, 9.17) is 4.74 Å². The number of ether oxygens (including phenoxy) is 1. The number of hydrogen-bond acceptors (Lipinski definition) is 3. The van der Waals surface area contributed by atoms with E-state index in [0.717, 1.165) is 19.3 Å². The monoisotopic (exact) mass is 285 g/mol. The van der Waals surface area contributed by atoms with Crippen LogP contribution in [-0.2, 0) is 9.53 Å². The Morgan fingerprint density at radius 1 is 1.15 bits per heavy atom. The van der Waals surface area contributed by atoms with Crippen LogP contribution in [0.4, 0.5) is 4.79 Å². The SMILES string of the molecule is CC1CC(C)CC(C(NC(=O)OC(C)(C)C)C(=O)O)C1. The van der Waals surface area contributed by atoms with Crippen LogP contribution < -0.4 is 5.32 Å². The molecule has 0 saturated heterocycles. The topological polar surface area (TPSA) is 75.6 Å². The van der Waals surface area contributed by atoms with Gasteiger partial charge < -0.3 is 15.2 Å². The largest absolute Gasteiger partial charge is 0.480 e. The molecule has 0 bridgehead atoms. The molecule has 20 heavy (non-hydrogen) atoms. The lowest BCUT2D eigenvalue weighted by molar-refractivity contribution is -0.141. The number of aliphatic carboxylic acids is 1. The van der Waals surface area contributed by atoms with E-state index in [9.17, 15) is 14.7 Å². The molecule has 0 aromatic heterocycles. The van der Waals surface area contributed by atoms with Gasteiger partial charge in [-0.1, -0.05) is 13.8 Å².